The van der Waals surface area contributed by atoms with Crippen molar-refractivity contribution in [2.75, 3.05) is 13.7 Å². The molecule has 126 valence electrons. The highest BCUT2D eigenvalue weighted by Gasteiger charge is 2.39. The molecular formula is C17H19N3O4. The van der Waals surface area contributed by atoms with Gasteiger partial charge in [-0.1, -0.05) is 19.1 Å². The molecule has 2 N–H and O–H groups in total. The van der Waals surface area contributed by atoms with E-state index in [4.69, 9.17) is 9.57 Å². The first-order valence-electron chi connectivity index (χ1n) is 7.66. The first-order valence-corrected chi connectivity index (χ1v) is 7.66. The topological polar surface area (TPSA) is 79.9 Å². The van der Waals surface area contributed by atoms with Crippen molar-refractivity contribution in [2.45, 2.75) is 13.0 Å². The van der Waals surface area contributed by atoms with Gasteiger partial charge in [0.15, 0.2) is 0 Å². The monoisotopic (exact) mass is 329 g/mol. The van der Waals surface area contributed by atoms with Crippen molar-refractivity contribution in [1.82, 2.24) is 15.7 Å². The van der Waals surface area contributed by atoms with E-state index in [0.29, 0.717) is 12.3 Å². The molecule has 1 saturated heterocycles. The maximum Gasteiger partial charge on any atom is 0.413 e. The third-order valence-corrected chi connectivity index (χ3v) is 4.03. The van der Waals surface area contributed by atoms with Crippen LogP contribution < -0.4 is 25.8 Å². The summed E-state index contributed by atoms with van der Waals surface area (Å²) in [6, 6.07) is 4.77. The van der Waals surface area contributed by atoms with Gasteiger partial charge in [-0.05, 0) is 18.2 Å². The first kappa shape index (κ1) is 16.1. The van der Waals surface area contributed by atoms with Crippen LogP contribution in [0.5, 0.6) is 5.75 Å². The zero-order valence-electron chi connectivity index (χ0n) is 13.5. The van der Waals surface area contributed by atoms with Crippen molar-refractivity contribution >= 4 is 24.3 Å². The Morgan fingerprint density at radius 2 is 2.25 bits per heavy atom. The third-order valence-electron chi connectivity index (χ3n) is 4.03. The maximum absolute atomic E-state index is 12.2. The molecule has 2 aliphatic heterocycles. The molecule has 2 amide bonds. The lowest BCUT2D eigenvalue weighted by atomic mass is 10.1. The van der Waals surface area contributed by atoms with E-state index >= 15 is 0 Å². The van der Waals surface area contributed by atoms with Crippen LogP contribution >= 0.6 is 0 Å². The molecule has 7 heteroatoms. The molecule has 0 bridgehead atoms. The van der Waals surface area contributed by atoms with Crippen LogP contribution in [0, 0.1) is 5.92 Å². The molecule has 7 nitrogen and oxygen atoms in total. The van der Waals surface area contributed by atoms with Gasteiger partial charge in [0.2, 0.25) is 0 Å². The van der Waals surface area contributed by atoms with Crippen LogP contribution in [0.15, 0.2) is 30.5 Å². The van der Waals surface area contributed by atoms with Crippen molar-refractivity contribution in [3.05, 3.63) is 40.9 Å². The quantitative estimate of drug-likeness (QED) is 0.804. The fourth-order valence-corrected chi connectivity index (χ4v) is 2.77. The molecule has 2 aliphatic rings. The number of hydrogen-bond acceptors (Lipinski definition) is 5. The van der Waals surface area contributed by atoms with Gasteiger partial charge in [-0.2, -0.15) is 0 Å². The number of nitrogens with zero attached hydrogens (tertiary/aromatic N) is 1. The minimum absolute atomic E-state index is 0.0649. The van der Waals surface area contributed by atoms with E-state index in [-0.39, 0.29) is 11.8 Å². The largest absolute Gasteiger partial charge is 0.413 e. The molecule has 1 fully saturated rings. The Kier molecular flexibility index (Phi) is 4.52. The molecule has 2 unspecified atom stereocenters. The van der Waals surface area contributed by atoms with E-state index in [2.05, 4.69) is 10.6 Å². The van der Waals surface area contributed by atoms with Crippen molar-refractivity contribution in [3.8, 4) is 5.75 Å². The summed E-state index contributed by atoms with van der Waals surface area (Å²) in [5.74, 6) is 0.0853. The van der Waals surface area contributed by atoms with E-state index in [1.54, 1.807) is 18.3 Å². The van der Waals surface area contributed by atoms with Crippen LogP contribution in [0.25, 0.3) is 12.3 Å². The van der Waals surface area contributed by atoms with Gasteiger partial charge >= 0.3 is 6.09 Å². The molecule has 3 rings (SSSR count). The highest BCUT2D eigenvalue weighted by molar-refractivity contribution is 5.87. The number of amides is 2. The van der Waals surface area contributed by atoms with Crippen molar-refractivity contribution in [3.63, 3.8) is 0 Å². The van der Waals surface area contributed by atoms with Gasteiger partial charge in [0, 0.05) is 28.8 Å². The summed E-state index contributed by atoms with van der Waals surface area (Å²) >= 11 is 0. The highest BCUT2D eigenvalue weighted by atomic mass is 16.7. The van der Waals surface area contributed by atoms with Gasteiger partial charge < -0.3 is 15.4 Å². The van der Waals surface area contributed by atoms with Crippen LogP contribution in [-0.4, -0.2) is 36.8 Å². The summed E-state index contributed by atoms with van der Waals surface area (Å²) in [6.07, 6.45) is 6.61. The van der Waals surface area contributed by atoms with Gasteiger partial charge in [0.1, 0.15) is 11.8 Å². The van der Waals surface area contributed by atoms with E-state index in [1.807, 2.05) is 31.3 Å². The Bertz CT molecular complexity index is 803. The van der Waals surface area contributed by atoms with E-state index < -0.39 is 12.1 Å². The van der Waals surface area contributed by atoms with E-state index in [9.17, 15) is 9.59 Å². The third kappa shape index (κ3) is 3.11. The SMILES string of the molecule is CON1CC(C)C(NC(=O)Oc2cccc3c2=CC=CNC=3)C1=O. The average Bonchev–Trinajstić information content (AvgIpc) is 2.75. The number of allylic oxidation sites excluding steroid dienone is 1. The van der Waals surface area contributed by atoms with Crippen molar-refractivity contribution in [2.24, 2.45) is 5.92 Å². The molecule has 0 saturated carbocycles. The molecule has 0 radical (unpaired) electrons. The van der Waals surface area contributed by atoms with E-state index in [1.165, 1.54) is 12.2 Å². The number of benzene rings is 1. The zero-order valence-corrected chi connectivity index (χ0v) is 13.5. The van der Waals surface area contributed by atoms with E-state index in [0.717, 1.165) is 10.4 Å². The second-order valence-corrected chi connectivity index (χ2v) is 5.67. The Balaban J connectivity index is 1.76. The second-order valence-electron chi connectivity index (χ2n) is 5.67. The number of hydroxylamine groups is 2. The van der Waals surface area contributed by atoms with Gasteiger partial charge in [-0.3, -0.25) is 9.63 Å². The number of rotatable bonds is 3. The average molecular weight is 329 g/mol. The number of carbonyl (C=O) groups excluding carboxylic acids is 2. The van der Waals surface area contributed by atoms with Crippen molar-refractivity contribution in [1.29, 1.82) is 0 Å². The number of nitrogens with one attached hydrogen (secondary N) is 2. The highest BCUT2D eigenvalue weighted by Crippen LogP contribution is 2.18. The van der Waals surface area contributed by atoms with Crippen LogP contribution in [0.4, 0.5) is 4.79 Å². The summed E-state index contributed by atoms with van der Waals surface area (Å²) in [7, 11) is 1.43. The van der Waals surface area contributed by atoms with Crippen LogP contribution in [-0.2, 0) is 9.63 Å². The van der Waals surface area contributed by atoms with Gasteiger partial charge in [0.05, 0.1) is 13.7 Å². The zero-order chi connectivity index (χ0) is 17.1. The number of carbonyl (C=O) groups is 2. The molecule has 24 heavy (non-hydrogen) atoms. The summed E-state index contributed by atoms with van der Waals surface area (Å²) in [5.41, 5.74) is 0. The minimum atomic E-state index is -0.666. The van der Waals surface area contributed by atoms with Crippen LogP contribution in [0.2, 0.25) is 0 Å². The number of hydrogen-bond donors (Lipinski definition) is 2. The van der Waals surface area contributed by atoms with Gasteiger partial charge in [0.25, 0.3) is 5.91 Å². The lowest BCUT2D eigenvalue weighted by Gasteiger charge is -2.15. The Morgan fingerprint density at radius 3 is 3.00 bits per heavy atom. The normalized spacial score (nSPS) is 21.9. The minimum Gasteiger partial charge on any atom is -0.410 e. The smallest absolute Gasteiger partial charge is 0.410 e. The van der Waals surface area contributed by atoms with Crippen molar-refractivity contribution < 1.29 is 19.2 Å². The predicted molar refractivity (Wildman–Crippen MR) is 87.7 cm³/mol. The molecule has 2 heterocycles. The van der Waals surface area contributed by atoms with Gasteiger partial charge in [-0.25, -0.2) is 9.86 Å². The van der Waals surface area contributed by atoms with Gasteiger partial charge in [-0.15, -0.1) is 0 Å². The lowest BCUT2D eigenvalue weighted by molar-refractivity contribution is -0.168. The molecule has 1 aromatic rings. The Hall–Kier alpha value is -2.80. The number of ether oxygens (including phenoxy) is 1. The number of fused-ring (bicyclic) bond motifs is 1. The molecule has 0 aromatic heterocycles. The summed E-state index contributed by atoms with van der Waals surface area (Å²) < 4.78 is 5.42. The fourth-order valence-electron chi connectivity index (χ4n) is 2.77. The summed E-state index contributed by atoms with van der Waals surface area (Å²) in [6.45, 7) is 2.30. The fraction of sp³-hybridized carbons (Fsp3) is 0.294. The Labute approximate surface area is 139 Å². The standard InChI is InChI=1S/C17H19N3O4/c1-11-10-20(23-2)16(21)15(11)19-17(22)24-14-7-3-5-12-9-18-8-4-6-13(12)14/h3-9,11,15,18H,10H2,1-2H3,(H,19,22). The molecule has 1 aromatic carbocycles. The molecule has 0 spiro atoms. The van der Waals surface area contributed by atoms with Crippen LogP contribution in [0.1, 0.15) is 6.92 Å². The first-order chi connectivity index (χ1) is 11.6. The summed E-state index contributed by atoms with van der Waals surface area (Å²) in [4.78, 5) is 29.3. The predicted octanol–water partition coefficient (Wildman–Crippen LogP) is -0.181. The lowest BCUT2D eigenvalue weighted by Crippen LogP contribution is -2.45. The molecule has 0 aliphatic carbocycles. The Morgan fingerprint density at radius 1 is 1.42 bits per heavy atom. The van der Waals surface area contributed by atoms with Crippen LogP contribution in [0.3, 0.4) is 0 Å². The molecule has 2 atom stereocenters. The second kappa shape index (κ2) is 6.76. The summed E-state index contributed by atoms with van der Waals surface area (Å²) in [5, 5.41) is 8.57. The maximum atomic E-state index is 12.2. The molecular weight excluding hydrogens is 310 g/mol.